The molecule has 4 rings (SSSR count). The van der Waals surface area contributed by atoms with Crippen LogP contribution in [0, 0.1) is 5.92 Å². The van der Waals surface area contributed by atoms with Crippen molar-refractivity contribution >= 4 is 51.5 Å². The van der Waals surface area contributed by atoms with Gasteiger partial charge in [-0.05, 0) is 35.6 Å². The van der Waals surface area contributed by atoms with Gasteiger partial charge in [0, 0.05) is 53.5 Å². The number of para-hydroxylation sites is 2. The van der Waals surface area contributed by atoms with E-state index in [1.165, 1.54) is 0 Å². The molecule has 0 aliphatic heterocycles. The number of nitrogens with one attached hydrogen (secondary N) is 5. The smallest absolute Gasteiger partial charge is 0.326 e. The summed E-state index contributed by atoms with van der Waals surface area (Å²) in [6.07, 6.45) is 3.02. The van der Waals surface area contributed by atoms with Crippen molar-refractivity contribution in [1.82, 2.24) is 25.9 Å². The molecule has 0 saturated heterocycles. The van der Waals surface area contributed by atoms with Crippen LogP contribution in [0.1, 0.15) is 37.8 Å². The van der Waals surface area contributed by atoms with Gasteiger partial charge in [0.15, 0.2) is 0 Å². The zero-order chi connectivity index (χ0) is 32.7. The third-order valence-electron chi connectivity index (χ3n) is 7.70. The lowest BCUT2D eigenvalue weighted by atomic mass is 10.00. The van der Waals surface area contributed by atoms with Gasteiger partial charge in [0.25, 0.3) is 0 Å². The van der Waals surface area contributed by atoms with Crippen LogP contribution in [0.2, 0.25) is 0 Å². The molecule has 3 amide bonds. The van der Waals surface area contributed by atoms with E-state index in [0.29, 0.717) is 5.56 Å². The molecule has 0 saturated carbocycles. The van der Waals surface area contributed by atoms with Crippen LogP contribution in [-0.2, 0) is 36.8 Å². The first kappa shape index (κ1) is 32.7. The van der Waals surface area contributed by atoms with E-state index in [9.17, 15) is 29.1 Å². The number of aromatic amines is 2. The second kappa shape index (κ2) is 14.5. The zero-order valence-corrected chi connectivity index (χ0v) is 25.0. The number of amides is 3. The van der Waals surface area contributed by atoms with Crippen molar-refractivity contribution in [3.05, 3.63) is 72.1 Å². The molecule has 9 N–H and O–H groups in total. The van der Waals surface area contributed by atoms with E-state index in [1.54, 1.807) is 26.2 Å². The van der Waals surface area contributed by atoms with Crippen LogP contribution in [0.5, 0.6) is 0 Å². The quantitative estimate of drug-likeness (QED) is 0.0980. The Balaban J connectivity index is 1.63. The second-order valence-electron chi connectivity index (χ2n) is 11.4. The summed E-state index contributed by atoms with van der Waals surface area (Å²) in [5, 5.41) is 28.3. The number of H-pyrrole nitrogens is 2. The van der Waals surface area contributed by atoms with Gasteiger partial charge < -0.3 is 41.9 Å². The van der Waals surface area contributed by atoms with Crippen molar-refractivity contribution < 1.29 is 34.2 Å². The van der Waals surface area contributed by atoms with Crippen LogP contribution in [0.15, 0.2) is 60.9 Å². The molecule has 0 aliphatic carbocycles. The first-order valence-electron chi connectivity index (χ1n) is 14.7. The summed E-state index contributed by atoms with van der Waals surface area (Å²) < 4.78 is 0. The Bertz CT molecular complexity index is 1690. The number of aromatic nitrogens is 2. The van der Waals surface area contributed by atoms with Crippen LogP contribution >= 0.6 is 0 Å². The number of hydrogen-bond acceptors (Lipinski definition) is 6. The molecule has 13 nitrogen and oxygen atoms in total. The van der Waals surface area contributed by atoms with Crippen LogP contribution in [0.3, 0.4) is 0 Å². The molecule has 2 aromatic heterocycles. The predicted octanol–water partition coefficient (Wildman–Crippen LogP) is 1.82. The van der Waals surface area contributed by atoms with Gasteiger partial charge in [-0.1, -0.05) is 50.2 Å². The number of rotatable bonds is 15. The molecule has 0 spiro atoms. The SMILES string of the molecule is CC(C)C(NC(=O)C(Cc1c[nH]c2ccccc12)NC(=O)C(Cc1c[nH]c2ccccc12)NC(=O)C(N)CCC(=O)O)C(=O)O. The first-order valence-corrected chi connectivity index (χ1v) is 14.7. The molecular formula is C32H38N6O7. The van der Waals surface area contributed by atoms with E-state index in [4.69, 9.17) is 10.8 Å². The third-order valence-corrected chi connectivity index (χ3v) is 7.70. The van der Waals surface area contributed by atoms with Crippen LogP contribution in [0.25, 0.3) is 21.8 Å². The Labute approximate surface area is 258 Å². The number of carbonyl (C=O) groups is 5. The van der Waals surface area contributed by atoms with Crippen molar-refractivity contribution in [2.45, 2.75) is 63.7 Å². The summed E-state index contributed by atoms with van der Waals surface area (Å²) in [6.45, 7) is 3.32. The molecule has 238 valence electrons. The first-order chi connectivity index (χ1) is 21.4. The Morgan fingerprint density at radius 1 is 0.733 bits per heavy atom. The van der Waals surface area contributed by atoms with E-state index in [2.05, 4.69) is 25.9 Å². The standard InChI is InChI=1S/C32H38N6O7/c1-17(2)28(32(44)45)38-31(43)26(14-19-16-35-24-10-6-4-8-21(19)24)37-30(42)25(36-29(41)22(33)11-12-27(39)40)13-18-15-34-23-9-5-3-7-20(18)23/h3-10,15-17,22,25-26,28,34-35H,11-14,33H2,1-2H3,(H,36,41)(H,37,42)(H,38,43)(H,39,40)(H,44,45). The highest BCUT2D eigenvalue weighted by Crippen LogP contribution is 2.21. The molecule has 0 radical (unpaired) electrons. The third kappa shape index (κ3) is 8.26. The minimum Gasteiger partial charge on any atom is -0.481 e. The molecule has 4 atom stereocenters. The van der Waals surface area contributed by atoms with E-state index in [1.807, 2.05) is 48.5 Å². The summed E-state index contributed by atoms with van der Waals surface area (Å²) in [4.78, 5) is 69.7. The molecule has 4 aromatic rings. The fourth-order valence-corrected chi connectivity index (χ4v) is 5.19. The van der Waals surface area contributed by atoms with Crippen molar-refractivity contribution in [3.8, 4) is 0 Å². The van der Waals surface area contributed by atoms with E-state index < -0.39 is 59.7 Å². The topological polar surface area (TPSA) is 219 Å². The molecule has 45 heavy (non-hydrogen) atoms. The van der Waals surface area contributed by atoms with Gasteiger partial charge in [-0.25, -0.2) is 4.79 Å². The Morgan fingerprint density at radius 2 is 1.20 bits per heavy atom. The van der Waals surface area contributed by atoms with Gasteiger partial charge in [-0.3, -0.25) is 19.2 Å². The molecule has 0 aliphatic rings. The largest absolute Gasteiger partial charge is 0.481 e. The molecule has 2 heterocycles. The lowest BCUT2D eigenvalue weighted by Crippen LogP contribution is -2.58. The number of aliphatic carboxylic acids is 2. The van der Waals surface area contributed by atoms with Gasteiger partial charge in [0.1, 0.15) is 18.1 Å². The number of fused-ring (bicyclic) bond motifs is 2. The summed E-state index contributed by atoms with van der Waals surface area (Å²) in [5.41, 5.74) is 9.02. The van der Waals surface area contributed by atoms with Crippen molar-refractivity contribution in [1.29, 1.82) is 0 Å². The average Bonchev–Trinajstić information content (AvgIpc) is 3.61. The highest BCUT2D eigenvalue weighted by molar-refractivity contribution is 5.95. The van der Waals surface area contributed by atoms with Gasteiger partial charge in [0.05, 0.1) is 6.04 Å². The predicted molar refractivity (Wildman–Crippen MR) is 167 cm³/mol. The van der Waals surface area contributed by atoms with Crippen LogP contribution < -0.4 is 21.7 Å². The average molecular weight is 619 g/mol. The van der Waals surface area contributed by atoms with Crippen molar-refractivity contribution in [3.63, 3.8) is 0 Å². The maximum Gasteiger partial charge on any atom is 0.326 e. The molecule has 4 unspecified atom stereocenters. The normalized spacial score (nSPS) is 14.0. The highest BCUT2D eigenvalue weighted by atomic mass is 16.4. The number of nitrogens with two attached hydrogens (primary N) is 1. The van der Waals surface area contributed by atoms with Crippen LogP contribution in [-0.4, -0.2) is 74.0 Å². The van der Waals surface area contributed by atoms with E-state index in [-0.39, 0.29) is 25.7 Å². The van der Waals surface area contributed by atoms with Crippen molar-refractivity contribution in [2.75, 3.05) is 0 Å². The molecule has 13 heteroatoms. The molecule has 2 aromatic carbocycles. The van der Waals surface area contributed by atoms with Crippen molar-refractivity contribution in [2.24, 2.45) is 11.7 Å². The van der Waals surface area contributed by atoms with Gasteiger partial charge >= 0.3 is 11.9 Å². The minimum atomic E-state index is -1.21. The second-order valence-corrected chi connectivity index (χ2v) is 11.4. The summed E-state index contributed by atoms with van der Waals surface area (Å²) >= 11 is 0. The summed E-state index contributed by atoms with van der Waals surface area (Å²) in [7, 11) is 0. The number of carboxylic acid groups (broad SMARTS) is 2. The Hall–Kier alpha value is -5.17. The maximum atomic E-state index is 13.9. The highest BCUT2D eigenvalue weighted by Gasteiger charge is 2.32. The molecule has 0 bridgehead atoms. The number of carboxylic acids is 2. The zero-order valence-electron chi connectivity index (χ0n) is 25.0. The molecule has 0 fully saturated rings. The van der Waals surface area contributed by atoms with E-state index >= 15 is 0 Å². The lowest BCUT2D eigenvalue weighted by Gasteiger charge is -2.26. The van der Waals surface area contributed by atoms with Crippen LogP contribution in [0.4, 0.5) is 0 Å². The Morgan fingerprint density at radius 3 is 1.67 bits per heavy atom. The minimum absolute atomic E-state index is 0.0257. The monoisotopic (exact) mass is 618 g/mol. The van der Waals surface area contributed by atoms with Gasteiger partial charge in [-0.15, -0.1) is 0 Å². The summed E-state index contributed by atoms with van der Waals surface area (Å²) in [6, 6.07) is 10.0. The summed E-state index contributed by atoms with van der Waals surface area (Å²) in [5.74, 6) is -4.88. The number of carbonyl (C=O) groups excluding carboxylic acids is 3. The van der Waals surface area contributed by atoms with E-state index in [0.717, 1.165) is 27.4 Å². The number of hydrogen-bond donors (Lipinski definition) is 8. The fourth-order valence-electron chi connectivity index (χ4n) is 5.19. The van der Waals surface area contributed by atoms with Gasteiger partial charge in [0.2, 0.25) is 17.7 Å². The molecular weight excluding hydrogens is 580 g/mol. The fraction of sp³-hybridized carbons (Fsp3) is 0.344. The number of benzene rings is 2. The lowest BCUT2D eigenvalue weighted by molar-refractivity contribution is -0.143. The maximum absolute atomic E-state index is 13.9. The Kier molecular flexibility index (Phi) is 10.6. The van der Waals surface area contributed by atoms with Gasteiger partial charge in [-0.2, -0.15) is 0 Å².